The van der Waals surface area contributed by atoms with E-state index in [0.29, 0.717) is 5.92 Å². The first-order valence-electron chi connectivity index (χ1n) is 6.01. The lowest BCUT2D eigenvalue weighted by Gasteiger charge is -2.25. The summed E-state index contributed by atoms with van der Waals surface area (Å²) in [6.07, 6.45) is -1.02. The second kappa shape index (κ2) is 5.18. The highest BCUT2D eigenvalue weighted by atomic mass is 19.4. The Hall–Kier alpha value is -1.23. The summed E-state index contributed by atoms with van der Waals surface area (Å²) >= 11 is 0. The molecule has 0 heterocycles. The Morgan fingerprint density at radius 3 is 2.06 bits per heavy atom. The van der Waals surface area contributed by atoms with E-state index < -0.39 is 6.36 Å². The lowest BCUT2D eigenvalue weighted by molar-refractivity contribution is -0.274. The maximum atomic E-state index is 12.0. The monoisotopic (exact) mass is 258 g/mol. The van der Waals surface area contributed by atoms with E-state index in [1.165, 1.54) is 12.1 Å². The quantitative estimate of drug-likeness (QED) is 0.792. The lowest BCUT2D eigenvalue weighted by atomic mass is 9.82. The molecule has 1 aromatic carbocycles. The van der Waals surface area contributed by atoms with Gasteiger partial charge in [-0.2, -0.15) is 0 Å². The van der Waals surface area contributed by atoms with Crippen molar-refractivity contribution < 1.29 is 17.9 Å². The molecule has 0 unspecified atom stereocenters. The number of halogens is 3. The van der Waals surface area contributed by atoms with Crippen molar-refractivity contribution in [3.8, 4) is 5.75 Å². The van der Waals surface area contributed by atoms with Crippen molar-refractivity contribution in [1.82, 2.24) is 5.73 Å². The van der Waals surface area contributed by atoms with Crippen LogP contribution in [0.3, 0.4) is 0 Å². The molecule has 0 spiro atoms. The highest BCUT2D eigenvalue weighted by Gasteiger charge is 2.31. The molecular weight excluding hydrogens is 243 g/mol. The molecule has 1 saturated carbocycles. The van der Waals surface area contributed by atoms with E-state index >= 15 is 0 Å². The van der Waals surface area contributed by atoms with Crippen LogP contribution in [-0.4, -0.2) is 12.4 Å². The number of hydrogen-bond acceptors (Lipinski definition) is 1. The molecule has 0 bridgehead atoms. The molecule has 2 rings (SSSR count). The molecule has 0 atom stereocenters. The van der Waals surface area contributed by atoms with Crippen molar-refractivity contribution in [3.63, 3.8) is 0 Å². The summed E-state index contributed by atoms with van der Waals surface area (Å²) < 4.78 is 39.8. The number of ether oxygens (including phenoxy) is 1. The van der Waals surface area contributed by atoms with Gasteiger partial charge in [0.2, 0.25) is 0 Å². The summed E-state index contributed by atoms with van der Waals surface area (Å²) in [5, 5.41) is 0. The van der Waals surface area contributed by atoms with E-state index in [4.69, 9.17) is 5.73 Å². The van der Waals surface area contributed by atoms with Crippen LogP contribution in [0.1, 0.15) is 37.2 Å². The molecule has 1 radical (unpaired) electrons. The zero-order chi connectivity index (χ0) is 13.2. The minimum absolute atomic E-state index is 0.0223. The van der Waals surface area contributed by atoms with Gasteiger partial charge in [0.25, 0.3) is 0 Å². The number of alkyl halides is 3. The summed E-state index contributed by atoms with van der Waals surface area (Å²) in [6.45, 7) is 0. The molecule has 0 aliphatic heterocycles. The minimum atomic E-state index is -4.63. The zero-order valence-corrected chi connectivity index (χ0v) is 9.83. The van der Waals surface area contributed by atoms with Gasteiger partial charge in [-0.3, -0.25) is 5.73 Å². The topological polar surface area (TPSA) is 33.0 Å². The number of hydrogen-bond donors (Lipinski definition) is 0. The largest absolute Gasteiger partial charge is 0.573 e. The van der Waals surface area contributed by atoms with E-state index in [0.717, 1.165) is 31.2 Å². The summed E-state index contributed by atoms with van der Waals surface area (Å²) in [4.78, 5) is 0. The fourth-order valence-electron chi connectivity index (χ4n) is 2.37. The van der Waals surface area contributed by atoms with Crippen molar-refractivity contribution in [2.75, 3.05) is 0 Å². The Bertz CT molecular complexity index is 380. The third-order valence-electron chi connectivity index (χ3n) is 3.31. The van der Waals surface area contributed by atoms with Crippen molar-refractivity contribution in [3.05, 3.63) is 29.8 Å². The summed E-state index contributed by atoms with van der Waals surface area (Å²) in [5.74, 6) is 0.187. The van der Waals surface area contributed by atoms with E-state index in [1.807, 2.05) is 0 Å². The van der Waals surface area contributed by atoms with Gasteiger partial charge in [-0.25, -0.2) is 0 Å². The second-order valence-corrected chi connectivity index (χ2v) is 4.67. The first kappa shape index (κ1) is 13.2. The van der Waals surface area contributed by atoms with Gasteiger partial charge in [0.15, 0.2) is 0 Å². The van der Waals surface area contributed by atoms with Crippen molar-refractivity contribution in [2.45, 2.75) is 44.0 Å². The van der Waals surface area contributed by atoms with Gasteiger partial charge < -0.3 is 4.74 Å². The third-order valence-corrected chi connectivity index (χ3v) is 3.31. The van der Waals surface area contributed by atoms with Crippen LogP contribution in [0, 0.1) is 0 Å². The van der Waals surface area contributed by atoms with Gasteiger partial charge >= 0.3 is 6.36 Å². The van der Waals surface area contributed by atoms with E-state index in [9.17, 15) is 13.2 Å². The smallest absolute Gasteiger partial charge is 0.406 e. The van der Waals surface area contributed by atoms with Crippen molar-refractivity contribution in [1.29, 1.82) is 0 Å². The van der Waals surface area contributed by atoms with E-state index in [-0.39, 0.29) is 11.8 Å². The molecule has 18 heavy (non-hydrogen) atoms. The predicted octanol–water partition coefficient (Wildman–Crippen LogP) is 3.89. The van der Waals surface area contributed by atoms with Gasteiger partial charge in [-0.15, -0.1) is 13.2 Å². The fourth-order valence-corrected chi connectivity index (χ4v) is 2.37. The predicted molar refractivity (Wildman–Crippen MR) is 61.2 cm³/mol. The molecule has 0 aromatic heterocycles. The van der Waals surface area contributed by atoms with Crippen LogP contribution in [0.4, 0.5) is 13.2 Å². The van der Waals surface area contributed by atoms with Gasteiger partial charge in [0.05, 0.1) is 0 Å². The SMILES string of the molecule is [NH][C@H]1CC[C@@H](c2ccc(OC(F)(F)F)cc2)CC1. The van der Waals surface area contributed by atoms with Crippen LogP contribution in [-0.2, 0) is 0 Å². The second-order valence-electron chi connectivity index (χ2n) is 4.67. The number of nitrogens with one attached hydrogen (secondary N) is 1. The average Bonchev–Trinajstić information content (AvgIpc) is 2.29. The van der Waals surface area contributed by atoms with Gasteiger partial charge in [-0.1, -0.05) is 12.1 Å². The zero-order valence-electron chi connectivity index (χ0n) is 9.83. The molecule has 1 aromatic rings. The van der Waals surface area contributed by atoms with Crippen LogP contribution in [0.25, 0.3) is 0 Å². The van der Waals surface area contributed by atoms with Crippen molar-refractivity contribution in [2.24, 2.45) is 0 Å². The summed E-state index contributed by atoms with van der Waals surface area (Å²) in [6, 6.07) is 6.12. The van der Waals surface area contributed by atoms with E-state index in [2.05, 4.69) is 4.74 Å². The highest BCUT2D eigenvalue weighted by Crippen LogP contribution is 2.33. The molecule has 0 amide bonds. The molecule has 1 aliphatic carbocycles. The highest BCUT2D eigenvalue weighted by molar-refractivity contribution is 5.29. The van der Waals surface area contributed by atoms with Crippen LogP contribution >= 0.6 is 0 Å². The van der Waals surface area contributed by atoms with Crippen LogP contribution < -0.4 is 10.5 Å². The Morgan fingerprint density at radius 2 is 1.56 bits per heavy atom. The number of rotatable bonds is 2. The van der Waals surface area contributed by atoms with Crippen LogP contribution in [0.2, 0.25) is 0 Å². The standard InChI is InChI=1S/C13H15F3NO/c14-13(15,16)18-12-7-3-10(4-8-12)9-1-5-11(17)6-2-9/h3-4,7-9,11,17H,1-2,5-6H2/t9-,11+. The molecule has 1 aliphatic rings. The van der Waals surface area contributed by atoms with Crippen LogP contribution in [0.15, 0.2) is 24.3 Å². The molecular formula is C13H15F3NO. The maximum absolute atomic E-state index is 12.0. The lowest BCUT2D eigenvalue weighted by Crippen LogP contribution is -2.19. The Labute approximate surface area is 104 Å². The number of benzene rings is 1. The molecule has 0 saturated heterocycles. The molecule has 1 fully saturated rings. The maximum Gasteiger partial charge on any atom is 0.573 e. The van der Waals surface area contributed by atoms with Gasteiger partial charge in [0.1, 0.15) is 5.75 Å². The molecule has 1 N–H and O–H groups in total. The van der Waals surface area contributed by atoms with Crippen molar-refractivity contribution >= 4 is 0 Å². The Balaban J connectivity index is 1.99. The average molecular weight is 258 g/mol. The first-order chi connectivity index (χ1) is 8.44. The molecule has 5 heteroatoms. The molecule has 99 valence electrons. The van der Waals surface area contributed by atoms with Gasteiger partial charge in [-0.05, 0) is 49.3 Å². The Morgan fingerprint density at radius 1 is 1.00 bits per heavy atom. The normalized spacial score (nSPS) is 24.9. The van der Waals surface area contributed by atoms with Gasteiger partial charge in [0, 0.05) is 6.04 Å². The van der Waals surface area contributed by atoms with E-state index in [1.54, 1.807) is 12.1 Å². The third kappa shape index (κ3) is 3.63. The molecule has 2 nitrogen and oxygen atoms in total. The fraction of sp³-hybridized carbons (Fsp3) is 0.538. The first-order valence-corrected chi connectivity index (χ1v) is 6.01. The summed E-state index contributed by atoms with van der Waals surface area (Å²) in [5.41, 5.74) is 8.65. The minimum Gasteiger partial charge on any atom is -0.406 e. The summed E-state index contributed by atoms with van der Waals surface area (Å²) in [7, 11) is 0. The van der Waals surface area contributed by atoms with Crippen LogP contribution in [0.5, 0.6) is 5.75 Å². The Kier molecular flexibility index (Phi) is 3.80.